The fourth-order valence-corrected chi connectivity index (χ4v) is 2.06. The second kappa shape index (κ2) is 6.04. The van der Waals surface area contributed by atoms with Gasteiger partial charge < -0.3 is 19.8 Å². The summed E-state index contributed by atoms with van der Waals surface area (Å²) < 4.78 is 5.44. The maximum Gasteiger partial charge on any atom is 0.260 e. The van der Waals surface area contributed by atoms with E-state index in [9.17, 15) is 15.0 Å². The number of benzene rings is 1. The van der Waals surface area contributed by atoms with Crippen LogP contribution in [-0.4, -0.2) is 52.9 Å². The number of carbonyl (C=O) groups excluding carboxylic acids is 1. The van der Waals surface area contributed by atoms with E-state index in [1.165, 1.54) is 4.90 Å². The maximum atomic E-state index is 11.8. The molecule has 0 bridgehead atoms. The lowest BCUT2D eigenvalue weighted by Gasteiger charge is -2.15. The van der Waals surface area contributed by atoms with Gasteiger partial charge in [-0.1, -0.05) is 19.1 Å². The van der Waals surface area contributed by atoms with Gasteiger partial charge in [-0.15, -0.1) is 0 Å². The third-order valence-corrected chi connectivity index (χ3v) is 3.28. The zero-order valence-electron chi connectivity index (χ0n) is 11.0. The lowest BCUT2D eigenvalue weighted by Crippen LogP contribution is -2.33. The summed E-state index contributed by atoms with van der Waals surface area (Å²) in [5.41, 5.74) is 1.15. The Morgan fingerprint density at radius 2 is 2.05 bits per heavy atom. The molecular formula is C14H19NO4. The number of β-amino-alcohol motifs (C(OH)–C–C–N with tert-alkyl or cyclic N) is 2. The zero-order valence-corrected chi connectivity index (χ0v) is 11.0. The van der Waals surface area contributed by atoms with Gasteiger partial charge in [0.1, 0.15) is 5.75 Å². The van der Waals surface area contributed by atoms with Gasteiger partial charge in [0.05, 0.1) is 12.2 Å². The van der Waals surface area contributed by atoms with E-state index >= 15 is 0 Å². The van der Waals surface area contributed by atoms with Crippen LogP contribution < -0.4 is 4.74 Å². The number of aliphatic hydroxyl groups excluding tert-OH is 2. The quantitative estimate of drug-likeness (QED) is 0.815. The summed E-state index contributed by atoms with van der Waals surface area (Å²) in [6, 6.07) is 7.60. The van der Waals surface area contributed by atoms with E-state index in [1.807, 2.05) is 18.2 Å². The molecule has 5 heteroatoms. The molecule has 2 N–H and O–H groups in total. The van der Waals surface area contributed by atoms with Gasteiger partial charge in [0.25, 0.3) is 5.91 Å². The van der Waals surface area contributed by atoms with Crippen molar-refractivity contribution in [2.75, 3.05) is 19.7 Å². The molecule has 1 heterocycles. The molecule has 1 amide bonds. The molecule has 1 aromatic carbocycles. The SMILES string of the molecule is CCc1cccc(OCC(=O)N2C[C@@H](O)[C@@H](O)C2)c1. The number of likely N-dealkylation sites (tertiary alicyclic amines) is 1. The molecular weight excluding hydrogens is 246 g/mol. The third kappa shape index (κ3) is 3.45. The molecule has 0 aliphatic carbocycles. The summed E-state index contributed by atoms with van der Waals surface area (Å²) in [7, 11) is 0. The summed E-state index contributed by atoms with van der Waals surface area (Å²) in [5.74, 6) is 0.436. The van der Waals surface area contributed by atoms with Gasteiger partial charge in [-0.05, 0) is 24.1 Å². The summed E-state index contributed by atoms with van der Waals surface area (Å²) in [5, 5.41) is 18.8. The van der Waals surface area contributed by atoms with Crippen molar-refractivity contribution in [3.63, 3.8) is 0 Å². The average Bonchev–Trinajstić information content (AvgIpc) is 2.76. The molecule has 19 heavy (non-hydrogen) atoms. The fraction of sp³-hybridized carbons (Fsp3) is 0.500. The van der Waals surface area contributed by atoms with Crippen molar-refractivity contribution in [3.05, 3.63) is 29.8 Å². The highest BCUT2D eigenvalue weighted by molar-refractivity contribution is 5.78. The predicted octanol–water partition coefficient (Wildman–Crippen LogP) is 0.192. The standard InChI is InChI=1S/C14H19NO4/c1-2-10-4-3-5-11(6-10)19-9-14(18)15-7-12(16)13(17)8-15/h3-6,12-13,16-17H,2,7-9H2,1H3/t12-,13+. The van der Waals surface area contributed by atoms with Crippen molar-refractivity contribution >= 4 is 5.91 Å². The van der Waals surface area contributed by atoms with Gasteiger partial charge in [-0.25, -0.2) is 0 Å². The van der Waals surface area contributed by atoms with Crippen molar-refractivity contribution < 1.29 is 19.7 Å². The highest BCUT2D eigenvalue weighted by atomic mass is 16.5. The van der Waals surface area contributed by atoms with Crippen LogP contribution >= 0.6 is 0 Å². The van der Waals surface area contributed by atoms with E-state index in [0.29, 0.717) is 5.75 Å². The number of hydrogen-bond acceptors (Lipinski definition) is 4. The molecule has 104 valence electrons. The third-order valence-electron chi connectivity index (χ3n) is 3.28. The molecule has 1 aliphatic heterocycles. The predicted molar refractivity (Wildman–Crippen MR) is 69.9 cm³/mol. The van der Waals surface area contributed by atoms with Crippen molar-refractivity contribution in [1.82, 2.24) is 4.90 Å². The normalized spacial score (nSPS) is 22.6. The molecule has 1 saturated heterocycles. The Morgan fingerprint density at radius 3 is 2.68 bits per heavy atom. The van der Waals surface area contributed by atoms with Crippen LogP contribution in [0.5, 0.6) is 5.75 Å². The highest BCUT2D eigenvalue weighted by Gasteiger charge is 2.32. The number of aliphatic hydroxyl groups is 2. The minimum Gasteiger partial charge on any atom is -0.484 e. The largest absolute Gasteiger partial charge is 0.484 e. The zero-order chi connectivity index (χ0) is 13.8. The van der Waals surface area contributed by atoms with Crippen LogP contribution in [0.3, 0.4) is 0 Å². The van der Waals surface area contributed by atoms with Gasteiger partial charge in [-0.2, -0.15) is 0 Å². The monoisotopic (exact) mass is 265 g/mol. The molecule has 0 unspecified atom stereocenters. The van der Waals surface area contributed by atoms with Gasteiger partial charge in [0.15, 0.2) is 6.61 Å². The van der Waals surface area contributed by atoms with Crippen molar-refractivity contribution in [2.45, 2.75) is 25.6 Å². The second-order valence-corrected chi connectivity index (χ2v) is 4.72. The van der Waals surface area contributed by atoms with Crippen molar-refractivity contribution in [1.29, 1.82) is 0 Å². The first-order valence-corrected chi connectivity index (χ1v) is 6.45. The Labute approximate surface area is 112 Å². The Kier molecular flexibility index (Phi) is 4.39. The van der Waals surface area contributed by atoms with Gasteiger partial charge >= 0.3 is 0 Å². The Bertz CT molecular complexity index is 439. The second-order valence-electron chi connectivity index (χ2n) is 4.72. The lowest BCUT2D eigenvalue weighted by molar-refractivity contribution is -0.132. The van der Waals surface area contributed by atoms with Crippen LogP contribution in [0, 0.1) is 0 Å². The molecule has 2 rings (SSSR count). The van der Waals surface area contributed by atoms with Gasteiger partial charge in [-0.3, -0.25) is 4.79 Å². The summed E-state index contributed by atoms with van der Waals surface area (Å²) in [4.78, 5) is 13.3. The van der Waals surface area contributed by atoms with Crippen LogP contribution in [0.4, 0.5) is 0 Å². The van der Waals surface area contributed by atoms with E-state index < -0.39 is 12.2 Å². The van der Waals surface area contributed by atoms with Crippen LogP contribution in [0.25, 0.3) is 0 Å². The van der Waals surface area contributed by atoms with Crippen LogP contribution in [-0.2, 0) is 11.2 Å². The molecule has 0 radical (unpaired) electrons. The molecule has 0 saturated carbocycles. The summed E-state index contributed by atoms with van der Waals surface area (Å²) in [6.07, 6.45) is -0.796. The lowest BCUT2D eigenvalue weighted by atomic mass is 10.2. The summed E-state index contributed by atoms with van der Waals surface area (Å²) in [6.45, 7) is 2.31. The first kappa shape index (κ1) is 13.8. The Morgan fingerprint density at radius 1 is 1.37 bits per heavy atom. The Balaban J connectivity index is 1.86. The topological polar surface area (TPSA) is 70.0 Å². The van der Waals surface area contributed by atoms with E-state index in [1.54, 1.807) is 6.07 Å². The smallest absolute Gasteiger partial charge is 0.260 e. The number of rotatable bonds is 4. The number of hydrogen-bond donors (Lipinski definition) is 2. The first-order valence-electron chi connectivity index (χ1n) is 6.45. The molecule has 1 aliphatic rings. The molecule has 2 atom stereocenters. The van der Waals surface area contributed by atoms with Gasteiger partial charge in [0.2, 0.25) is 0 Å². The van der Waals surface area contributed by atoms with Crippen molar-refractivity contribution in [3.8, 4) is 5.75 Å². The Hall–Kier alpha value is -1.59. The highest BCUT2D eigenvalue weighted by Crippen LogP contribution is 2.15. The first-order chi connectivity index (χ1) is 9.10. The van der Waals surface area contributed by atoms with Crippen LogP contribution in [0.1, 0.15) is 12.5 Å². The van der Waals surface area contributed by atoms with Crippen LogP contribution in [0.15, 0.2) is 24.3 Å². The number of nitrogens with zero attached hydrogens (tertiary/aromatic N) is 1. The average molecular weight is 265 g/mol. The number of carbonyl (C=O) groups is 1. The number of aryl methyl sites for hydroxylation is 1. The molecule has 1 fully saturated rings. The van der Waals surface area contributed by atoms with E-state index in [0.717, 1.165) is 12.0 Å². The minimum atomic E-state index is -0.854. The van der Waals surface area contributed by atoms with E-state index in [4.69, 9.17) is 4.74 Å². The molecule has 0 spiro atoms. The van der Waals surface area contributed by atoms with Crippen LogP contribution in [0.2, 0.25) is 0 Å². The van der Waals surface area contributed by atoms with E-state index in [-0.39, 0.29) is 25.6 Å². The summed E-state index contributed by atoms with van der Waals surface area (Å²) >= 11 is 0. The number of ether oxygens (including phenoxy) is 1. The molecule has 0 aromatic heterocycles. The minimum absolute atomic E-state index is 0.0768. The molecule has 1 aromatic rings. The van der Waals surface area contributed by atoms with Crippen molar-refractivity contribution in [2.24, 2.45) is 0 Å². The fourth-order valence-electron chi connectivity index (χ4n) is 2.06. The van der Waals surface area contributed by atoms with Gasteiger partial charge in [0, 0.05) is 13.1 Å². The van der Waals surface area contributed by atoms with E-state index in [2.05, 4.69) is 6.92 Å². The molecule has 5 nitrogen and oxygen atoms in total. The number of amides is 1. The maximum absolute atomic E-state index is 11.8.